The molecule has 2 aliphatic rings. The third kappa shape index (κ3) is 1.70. The summed E-state index contributed by atoms with van der Waals surface area (Å²) in [6.07, 6.45) is 7.47. The Bertz CT molecular complexity index is 177. The Balaban J connectivity index is 1.74. The molecule has 2 fully saturated rings. The highest BCUT2D eigenvalue weighted by atomic mass is 16.1. The highest BCUT2D eigenvalue weighted by Gasteiger charge is 2.33. The first-order valence-electron chi connectivity index (χ1n) is 5.30. The van der Waals surface area contributed by atoms with Gasteiger partial charge >= 0.3 is 0 Å². The quantitative estimate of drug-likeness (QED) is 0.627. The van der Waals surface area contributed by atoms with Gasteiger partial charge in [-0.2, -0.15) is 0 Å². The number of ketones is 1. The average Bonchev–Trinajstić information content (AvgIpc) is 2.77. The van der Waals surface area contributed by atoms with Crippen molar-refractivity contribution in [3.63, 3.8) is 0 Å². The molecule has 2 aliphatic carbocycles. The van der Waals surface area contributed by atoms with Gasteiger partial charge in [0, 0.05) is 12.3 Å². The van der Waals surface area contributed by atoms with Crippen LogP contribution in [0.2, 0.25) is 0 Å². The van der Waals surface area contributed by atoms with Gasteiger partial charge in [-0.25, -0.2) is 0 Å². The van der Waals surface area contributed by atoms with E-state index in [0.717, 1.165) is 18.3 Å². The Morgan fingerprint density at radius 2 is 2.00 bits per heavy atom. The smallest absolute Gasteiger partial charge is 0.136 e. The van der Waals surface area contributed by atoms with E-state index in [-0.39, 0.29) is 0 Å². The van der Waals surface area contributed by atoms with Crippen molar-refractivity contribution in [2.45, 2.75) is 45.4 Å². The Kier molecular flexibility index (Phi) is 2.20. The molecule has 0 bridgehead atoms. The predicted octanol–water partition coefficient (Wildman–Crippen LogP) is 2.79. The van der Waals surface area contributed by atoms with Gasteiger partial charge in [0.25, 0.3) is 0 Å². The lowest BCUT2D eigenvalue weighted by Gasteiger charge is -2.25. The maximum absolute atomic E-state index is 11.6. The molecule has 1 nitrogen and oxygen atoms in total. The number of Topliss-reactive ketones (excluding diaryl/α,β-unsaturated/α-hetero) is 1. The first-order chi connectivity index (χ1) is 5.77. The van der Waals surface area contributed by atoms with E-state index < -0.39 is 0 Å². The fraction of sp³-hybridized carbons (Fsp3) is 0.909. The molecule has 68 valence electrons. The molecule has 2 rings (SSSR count). The normalized spacial score (nSPS) is 26.4. The Morgan fingerprint density at radius 3 is 2.42 bits per heavy atom. The second-order valence-electron chi connectivity index (χ2n) is 4.59. The molecule has 0 amide bonds. The standard InChI is InChI=1S/C11H18O/c1-8(10-5-6-10)11(12)7-9-3-2-4-9/h8-10H,2-7H2,1H3. The molecule has 0 heterocycles. The Labute approximate surface area is 74.5 Å². The fourth-order valence-electron chi connectivity index (χ4n) is 2.03. The van der Waals surface area contributed by atoms with Gasteiger partial charge in [0.2, 0.25) is 0 Å². The molecule has 0 N–H and O–H groups in total. The zero-order chi connectivity index (χ0) is 8.55. The summed E-state index contributed by atoms with van der Waals surface area (Å²) in [5.41, 5.74) is 0. The van der Waals surface area contributed by atoms with Crippen molar-refractivity contribution in [2.24, 2.45) is 17.8 Å². The fourth-order valence-corrected chi connectivity index (χ4v) is 2.03. The van der Waals surface area contributed by atoms with Crippen LogP contribution in [0.5, 0.6) is 0 Å². The molecule has 1 unspecified atom stereocenters. The molecular weight excluding hydrogens is 148 g/mol. The lowest BCUT2D eigenvalue weighted by atomic mass is 9.79. The third-order valence-corrected chi connectivity index (χ3v) is 3.55. The van der Waals surface area contributed by atoms with Crippen LogP contribution >= 0.6 is 0 Å². The summed E-state index contributed by atoms with van der Waals surface area (Å²) in [7, 11) is 0. The molecule has 12 heavy (non-hydrogen) atoms. The van der Waals surface area contributed by atoms with Crippen LogP contribution < -0.4 is 0 Å². The van der Waals surface area contributed by atoms with Crippen molar-refractivity contribution < 1.29 is 4.79 Å². The molecule has 0 aromatic carbocycles. The van der Waals surface area contributed by atoms with Crippen molar-refractivity contribution in [1.29, 1.82) is 0 Å². The summed E-state index contributed by atoms with van der Waals surface area (Å²) in [5.74, 6) is 2.45. The lowest BCUT2D eigenvalue weighted by Crippen LogP contribution is -2.21. The average molecular weight is 166 g/mol. The van der Waals surface area contributed by atoms with Crippen LogP contribution in [0.15, 0.2) is 0 Å². The van der Waals surface area contributed by atoms with E-state index in [9.17, 15) is 4.79 Å². The van der Waals surface area contributed by atoms with Gasteiger partial charge in [0.1, 0.15) is 5.78 Å². The number of hydrogen-bond acceptors (Lipinski definition) is 1. The summed E-state index contributed by atoms with van der Waals surface area (Å²) in [5, 5.41) is 0. The van der Waals surface area contributed by atoms with Crippen LogP contribution in [-0.2, 0) is 4.79 Å². The minimum atomic E-state index is 0.380. The number of rotatable bonds is 4. The number of hydrogen-bond donors (Lipinski definition) is 0. The second kappa shape index (κ2) is 3.20. The van der Waals surface area contributed by atoms with Crippen LogP contribution in [0.25, 0.3) is 0 Å². The van der Waals surface area contributed by atoms with Gasteiger partial charge in [-0.15, -0.1) is 0 Å². The van der Waals surface area contributed by atoms with Gasteiger partial charge in [-0.05, 0) is 24.7 Å². The topological polar surface area (TPSA) is 17.1 Å². The number of carbonyl (C=O) groups excluding carboxylic acids is 1. The van der Waals surface area contributed by atoms with E-state index >= 15 is 0 Å². The monoisotopic (exact) mass is 166 g/mol. The Hall–Kier alpha value is -0.330. The van der Waals surface area contributed by atoms with Crippen molar-refractivity contribution in [1.82, 2.24) is 0 Å². The maximum atomic E-state index is 11.6. The van der Waals surface area contributed by atoms with E-state index in [0.29, 0.717) is 11.7 Å². The van der Waals surface area contributed by atoms with E-state index in [1.807, 2.05) is 0 Å². The molecule has 0 aromatic heterocycles. The van der Waals surface area contributed by atoms with Crippen molar-refractivity contribution in [3.05, 3.63) is 0 Å². The van der Waals surface area contributed by atoms with Crippen molar-refractivity contribution >= 4 is 5.78 Å². The molecule has 1 heteroatoms. The summed E-state index contributed by atoms with van der Waals surface area (Å²) >= 11 is 0. The Morgan fingerprint density at radius 1 is 1.33 bits per heavy atom. The largest absolute Gasteiger partial charge is 0.299 e. The molecule has 0 spiro atoms. The van der Waals surface area contributed by atoms with Crippen molar-refractivity contribution in [3.8, 4) is 0 Å². The molecule has 0 aliphatic heterocycles. The highest BCUT2D eigenvalue weighted by molar-refractivity contribution is 5.81. The predicted molar refractivity (Wildman–Crippen MR) is 48.9 cm³/mol. The second-order valence-corrected chi connectivity index (χ2v) is 4.59. The van der Waals surface area contributed by atoms with Crippen molar-refractivity contribution in [2.75, 3.05) is 0 Å². The third-order valence-electron chi connectivity index (χ3n) is 3.55. The van der Waals surface area contributed by atoms with Crippen LogP contribution in [-0.4, -0.2) is 5.78 Å². The molecule has 0 aromatic rings. The lowest BCUT2D eigenvalue weighted by molar-refractivity contribution is -0.124. The molecule has 2 saturated carbocycles. The zero-order valence-corrected chi connectivity index (χ0v) is 7.88. The molecular formula is C11H18O. The molecule has 0 saturated heterocycles. The number of carbonyl (C=O) groups is 1. The molecule has 1 atom stereocenters. The summed E-state index contributed by atoms with van der Waals surface area (Å²) in [6, 6.07) is 0. The zero-order valence-electron chi connectivity index (χ0n) is 7.88. The van der Waals surface area contributed by atoms with Gasteiger partial charge in [0.05, 0.1) is 0 Å². The highest BCUT2D eigenvalue weighted by Crippen LogP contribution is 2.39. The van der Waals surface area contributed by atoms with Crippen LogP contribution in [0.1, 0.15) is 45.4 Å². The van der Waals surface area contributed by atoms with Crippen LogP contribution in [0.3, 0.4) is 0 Å². The minimum Gasteiger partial charge on any atom is -0.299 e. The van der Waals surface area contributed by atoms with E-state index in [1.165, 1.54) is 32.1 Å². The van der Waals surface area contributed by atoms with Crippen LogP contribution in [0.4, 0.5) is 0 Å². The first-order valence-corrected chi connectivity index (χ1v) is 5.30. The minimum absolute atomic E-state index is 0.380. The molecule has 0 radical (unpaired) electrons. The summed E-state index contributed by atoms with van der Waals surface area (Å²) < 4.78 is 0. The van der Waals surface area contributed by atoms with Gasteiger partial charge in [-0.3, -0.25) is 4.79 Å². The van der Waals surface area contributed by atoms with Crippen LogP contribution in [0, 0.1) is 17.8 Å². The van der Waals surface area contributed by atoms with E-state index in [1.54, 1.807) is 0 Å². The SMILES string of the molecule is CC(C(=O)CC1CCC1)C1CC1. The first kappa shape index (κ1) is 8.28. The van der Waals surface area contributed by atoms with Gasteiger partial charge in [-0.1, -0.05) is 26.2 Å². The van der Waals surface area contributed by atoms with Gasteiger partial charge in [0.15, 0.2) is 0 Å². The summed E-state index contributed by atoms with van der Waals surface area (Å²) in [4.78, 5) is 11.6. The van der Waals surface area contributed by atoms with E-state index in [2.05, 4.69) is 6.92 Å². The van der Waals surface area contributed by atoms with E-state index in [4.69, 9.17) is 0 Å². The summed E-state index contributed by atoms with van der Waals surface area (Å²) in [6.45, 7) is 2.12. The van der Waals surface area contributed by atoms with Gasteiger partial charge < -0.3 is 0 Å². The maximum Gasteiger partial charge on any atom is 0.136 e.